The maximum atomic E-state index is 13.2. The van der Waals surface area contributed by atoms with Crippen LogP contribution in [0.25, 0.3) is 33.2 Å². The van der Waals surface area contributed by atoms with Crippen LogP contribution in [0.4, 0.5) is 5.69 Å². The number of aryl methyl sites for hydroxylation is 3. The number of carboxylic acids is 1. The van der Waals surface area contributed by atoms with E-state index in [-0.39, 0.29) is 16.3 Å². The maximum Gasteiger partial charge on any atom is 0.356 e. The van der Waals surface area contributed by atoms with Crippen LogP contribution >= 0.6 is 11.6 Å². The molecule has 0 saturated heterocycles. The fourth-order valence-electron chi connectivity index (χ4n) is 4.50. The standard InChI is InChI=1S/C27H23ClN4O4/c1-13-7-18(15(3)29-20-5-6-23(28)30-25(20)27(34)35)26-19(8-13)21(33)11-22(36-26)16-9-14(2)24-17(10-16)12-32(4)31-24/h5-12,15,29H,1-4H3,(H,34,35)/t15-/m1/s1. The Morgan fingerprint density at radius 1 is 1.17 bits per heavy atom. The number of hydrogen-bond donors (Lipinski definition) is 2. The van der Waals surface area contributed by atoms with Crippen LogP contribution in [0, 0.1) is 13.8 Å². The van der Waals surface area contributed by atoms with E-state index < -0.39 is 12.0 Å². The van der Waals surface area contributed by atoms with Gasteiger partial charge in [0.25, 0.3) is 0 Å². The minimum absolute atomic E-state index is 0.0862. The summed E-state index contributed by atoms with van der Waals surface area (Å²) >= 11 is 5.90. The molecule has 0 aliphatic carbocycles. The lowest BCUT2D eigenvalue weighted by Crippen LogP contribution is -2.13. The number of rotatable bonds is 5. The highest BCUT2D eigenvalue weighted by Gasteiger charge is 2.20. The summed E-state index contributed by atoms with van der Waals surface area (Å²) in [7, 11) is 1.87. The molecule has 5 rings (SSSR count). The highest BCUT2D eigenvalue weighted by Crippen LogP contribution is 2.33. The molecule has 2 N–H and O–H groups in total. The zero-order valence-electron chi connectivity index (χ0n) is 20.1. The van der Waals surface area contributed by atoms with Crippen molar-refractivity contribution >= 4 is 45.1 Å². The van der Waals surface area contributed by atoms with Gasteiger partial charge in [-0.15, -0.1) is 0 Å². The molecule has 0 aliphatic heterocycles. The van der Waals surface area contributed by atoms with Gasteiger partial charge in [0.2, 0.25) is 0 Å². The van der Waals surface area contributed by atoms with Crippen molar-refractivity contribution in [1.29, 1.82) is 0 Å². The number of pyridine rings is 1. The minimum Gasteiger partial charge on any atom is -0.476 e. The molecule has 1 atom stereocenters. The second-order valence-electron chi connectivity index (χ2n) is 8.94. The lowest BCUT2D eigenvalue weighted by molar-refractivity contribution is 0.0691. The molecule has 0 aliphatic rings. The fraction of sp³-hybridized carbons (Fsp3) is 0.185. The van der Waals surface area contributed by atoms with Gasteiger partial charge in [-0.1, -0.05) is 17.7 Å². The number of carboxylic acid groups (broad SMARTS) is 1. The number of nitrogens with zero attached hydrogens (tertiary/aromatic N) is 3. The van der Waals surface area contributed by atoms with Gasteiger partial charge in [0.15, 0.2) is 11.1 Å². The van der Waals surface area contributed by atoms with Crippen molar-refractivity contribution in [2.45, 2.75) is 26.8 Å². The van der Waals surface area contributed by atoms with E-state index in [1.165, 1.54) is 12.1 Å². The molecule has 0 bridgehead atoms. The van der Waals surface area contributed by atoms with Gasteiger partial charge in [-0.25, -0.2) is 9.78 Å². The topological polar surface area (TPSA) is 110 Å². The van der Waals surface area contributed by atoms with E-state index in [9.17, 15) is 14.7 Å². The first kappa shape index (κ1) is 23.6. The number of hydrogen-bond acceptors (Lipinski definition) is 6. The summed E-state index contributed by atoms with van der Waals surface area (Å²) in [6, 6.07) is 11.8. The Hall–Kier alpha value is -4.17. The van der Waals surface area contributed by atoms with Crippen molar-refractivity contribution < 1.29 is 14.3 Å². The summed E-state index contributed by atoms with van der Waals surface area (Å²) in [4.78, 5) is 28.8. The molecule has 0 saturated carbocycles. The Morgan fingerprint density at radius 3 is 2.69 bits per heavy atom. The molecule has 0 amide bonds. The first-order valence-corrected chi connectivity index (χ1v) is 11.7. The second kappa shape index (κ2) is 8.80. The summed E-state index contributed by atoms with van der Waals surface area (Å²) in [5.74, 6) is -0.755. The number of benzene rings is 2. The fourth-order valence-corrected chi connectivity index (χ4v) is 4.64. The van der Waals surface area contributed by atoms with E-state index in [1.807, 2.05) is 52.2 Å². The Morgan fingerprint density at radius 2 is 1.94 bits per heavy atom. The van der Waals surface area contributed by atoms with Gasteiger partial charge in [-0.2, -0.15) is 5.10 Å². The zero-order valence-corrected chi connectivity index (χ0v) is 20.8. The summed E-state index contributed by atoms with van der Waals surface area (Å²) in [6.45, 7) is 5.74. The monoisotopic (exact) mass is 502 g/mol. The normalized spacial score (nSPS) is 12.2. The highest BCUT2D eigenvalue weighted by molar-refractivity contribution is 6.29. The molecular weight excluding hydrogens is 480 g/mol. The van der Waals surface area contributed by atoms with Crippen molar-refractivity contribution in [2.75, 3.05) is 5.32 Å². The first-order chi connectivity index (χ1) is 17.1. The highest BCUT2D eigenvalue weighted by atomic mass is 35.5. The van der Waals surface area contributed by atoms with Gasteiger partial charge in [0.05, 0.1) is 22.6 Å². The van der Waals surface area contributed by atoms with E-state index in [0.29, 0.717) is 22.4 Å². The largest absolute Gasteiger partial charge is 0.476 e. The number of nitrogens with one attached hydrogen (secondary N) is 1. The van der Waals surface area contributed by atoms with Gasteiger partial charge in [0, 0.05) is 35.8 Å². The molecule has 36 heavy (non-hydrogen) atoms. The van der Waals surface area contributed by atoms with Crippen LogP contribution < -0.4 is 10.7 Å². The second-order valence-corrected chi connectivity index (χ2v) is 9.33. The van der Waals surface area contributed by atoms with Gasteiger partial charge in [-0.3, -0.25) is 9.48 Å². The van der Waals surface area contributed by atoms with Gasteiger partial charge in [0.1, 0.15) is 16.5 Å². The predicted molar refractivity (Wildman–Crippen MR) is 140 cm³/mol. The number of carbonyl (C=O) groups is 1. The number of fused-ring (bicyclic) bond motifs is 2. The number of anilines is 1. The molecule has 2 aromatic carbocycles. The SMILES string of the molecule is Cc1cc([C@@H](C)Nc2ccc(Cl)nc2C(=O)O)c2oc(-c3cc(C)c4nn(C)cc4c3)cc(=O)c2c1. The quantitative estimate of drug-likeness (QED) is 0.288. The average Bonchev–Trinajstić information content (AvgIpc) is 3.20. The first-order valence-electron chi connectivity index (χ1n) is 11.3. The van der Waals surface area contributed by atoms with Crippen molar-refractivity contribution in [3.05, 3.63) is 86.4 Å². The minimum atomic E-state index is -1.20. The Balaban J connectivity index is 1.65. The van der Waals surface area contributed by atoms with E-state index in [1.54, 1.807) is 16.8 Å². The van der Waals surface area contributed by atoms with E-state index >= 15 is 0 Å². The lowest BCUT2D eigenvalue weighted by Gasteiger charge is -2.19. The number of aromatic nitrogens is 3. The van der Waals surface area contributed by atoms with Crippen LogP contribution in [-0.4, -0.2) is 25.8 Å². The van der Waals surface area contributed by atoms with Crippen molar-refractivity contribution in [3.63, 3.8) is 0 Å². The molecule has 3 aromatic heterocycles. The van der Waals surface area contributed by atoms with Crippen molar-refractivity contribution in [3.8, 4) is 11.3 Å². The molecule has 0 fully saturated rings. The Kier molecular flexibility index (Phi) is 5.76. The third kappa shape index (κ3) is 4.20. The lowest BCUT2D eigenvalue weighted by atomic mass is 10.00. The zero-order chi connectivity index (χ0) is 25.7. The molecule has 0 unspecified atom stereocenters. The molecule has 0 radical (unpaired) electrons. The molecule has 0 spiro atoms. The van der Waals surface area contributed by atoms with Crippen LogP contribution in [0.15, 0.2) is 57.9 Å². The number of aromatic carboxylic acids is 1. The van der Waals surface area contributed by atoms with Crippen molar-refractivity contribution in [1.82, 2.24) is 14.8 Å². The third-order valence-electron chi connectivity index (χ3n) is 6.10. The molecule has 8 nitrogen and oxygen atoms in total. The van der Waals surface area contributed by atoms with Gasteiger partial charge < -0.3 is 14.8 Å². The van der Waals surface area contributed by atoms with Gasteiger partial charge in [-0.05, 0) is 62.2 Å². The van der Waals surface area contributed by atoms with Crippen LogP contribution in [0.3, 0.4) is 0 Å². The van der Waals surface area contributed by atoms with Crippen LogP contribution in [0.2, 0.25) is 5.15 Å². The number of halogens is 1. The summed E-state index contributed by atoms with van der Waals surface area (Å²) < 4.78 is 8.11. The summed E-state index contributed by atoms with van der Waals surface area (Å²) in [5, 5.41) is 18.7. The van der Waals surface area contributed by atoms with Crippen LogP contribution in [0.1, 0.15) is 40.1 Å². The Labute approximate surface area is 211 Å². The predicted octanol–water partition coefficient (Wildman–Crippen LogP) is 5.88. The molecule has 182 valence electrons. The Bertz CT molecular complexity index is 1740. The van der Waals surface area contributed by atoms with Crippen LogP contribution in [-0.2, 0) is 7.05 Å². The van der Waals surface area contributed by atoms with Crippen LogP contribution in [0.5, 0.6) is 0 Å². The third-order valence-corrected chi connectivity index (χ3v) is 6.31. The maximum absolute atomic E-state index is 13.2. The average molecular weight is 503 g/mol. The molecule has 3 heterocycles. The van der Waals surface area contributed by atoms with Gasteiger partial charge >= 0.3 is 5.97 Å². The smallest absolute Gasteiger partial charge is 0.356 e. The molecular formula is C27H23ClN4O4. The molecule has 9 heteroatoms. The van der Waals surface area contributed by atoms with E-state index in [0.717, 1.165) is 33.2 Å². The summed E-state index contributed by atoms with van der Waals surface area (Å²) in [5.41, 5.74) is 4.64. The van der Waals surface area contributed by atoms with E-state index in [2.05, 4.69) is 15.4 Å². The summed E-state index contributed by atoms with van der Waals surface area (Å²) in [6.07, 6.45) is 1.92. The molecule has 5 aromatic rings. The van der Waals surface area contributed by atoms with E-state index in [4.69, 9.17) is 16.0 Å². The van der Waals surface area contributed by atoms with Crippen molar-refractivity contribution in [2.24, 2.45) is 7.05 Å².